The fourth-order valence-electron chi connectivity index (χ4n) is 1.21. The number of carboxylic acids is 1. The first-order valence-electron chi connectivity index (χ1n) is 4.84. The van der Waals surface area contributed by atoms with Gasteiger partial charge in [0.05, 0.1) is 6.42 Å². The van der Waals surface area contributed by atoms with E-state index in [1.165, 1.54) is 24.1 Å². The maximum atomic E-state index is 13.2. The minimum Gasteiger partial charge on any atom is -0.481 e. The van der Waals surface area contributed by atoms with E-state index < -0.39 is 11.8 Å². The summed E-state index contributed by atoms with van der Waals surface area (Å²) in [6, 6.07) is 4.18. The summed E-state index contributed by atoms with van der Waals surface area (Å²) >= 11 is 1.83. The number of carboxylic acid groups (broad SMARTS) is 1. The molecule has 0 bridgehead atoms. The van der Waals surface area contributed by atoms with E-state index in [0.29, 0.717) is 3.57 Å². The first-order chi connectivity index (χ1) is 7.91. The molecule has 1 amide bonds. The van der Waals surface area contributed by atoms with Crippen LogP contribution in [0.2, 0.25) is 0 Å². The van der Waals surface area contributed by atoms with Crippen molar-refractivity contribution < 1.29 is 19.1 Å². The predicted octanol–water partition coefficient (Wildman–Crippen LogP) is 1.98. The van der Waals surface area contributed by atoms with E-state index in [9.17, 15) is 14.0 Å². The summed E-state index contributed by atoms with van der Waals surface area (Å²) in [6.45, 7) is 0.0990. The minimum atomic E-state index is -0.974. The number of hydrogen-bond donors (Lipinski definition) is 1. The highest BCUT2D eigenvalue weighted by atomic mass is 127. The predicted molar refractivity (Wildman–Crippen MR) is 68.3 cm³/mol. The Morgan fingerprint density at radius 3 is 2.65 bits per heavy atom. The average Bonchev–Trinajstić information content (AvgIpc) is 2.28. The van der Waals surface area contributed by atoms with Crippen LogP contribution in [0.5, 0.6) is 0 Å². The van der Waals surface area contributed by atoms with E-state index in [-0.39, 0.29) is 24.4 Å². The topological polar surface area (TPSA) is 57.6 Å². The lowest BCUT2D eigenvalue weighted by Gasteiger charge is -2.16. The van der Waals surface area contributed by atoms with Crippen molar-refractivity contribution in [3.8, 4) is 0 Å². The van der Waals surface area contributed by atoms with Crippen LogP contribution in [0.3, 0.4) is 0 Å². The smallest absolute Gasteiger partial charge is 0.305 e. The van der Waals surface area contributed by atoms with E-state index in [0.717, 1.165) is 6.07 Å². The van der Waals surface area contributed by atoms with Crippen molar-refractivity contribution >= 4 is 34.5 Å². The Morgan fingerprint density at radius 2 is 2.12 bits per heavy atom. The molecule has 0 unspecified atom stereocenters. The van der Waals surface area contributed by atoms with Gasteiger partial charge < -0.3 is 10.0 Å². The average molecular weight is 351 g/mol. The first kappa shape index (κ1) is 13.9. The molecule has 6 heteroatoms. The van der Waals surface area contributed by atoms with E-state index in [2.05, 4.69) is 0 Å². The van der Waals surface area contributed by atoms with Crippen LogP contribution >= 0.6 is 22.6 Å². The number of amides is 1. The standard InChI is InChI=1S/C11H11FINO3/c1-14(5-4-10(15)16)11(17)7-2-3-9(13)8(12)6-7/h2-3,6H,4-5H2,1H3,(H,15,16). The van der Waals surface area contributed by atoms with Crippen LogP contribution in [0.15, 0.2) is 18.2 Å². The molecule has 4 nitrogen and oxygen atoms in total. The lowest BCUT2D eigenvalue weighted by Crippen LogP contribution is -2.29. The Labute approximate surface area is 112 Å². The third kappa shape index (κ3) is 3.95. The molecule has 1 N–H and O–H groups in total. The van der Waals surface area contributed by atoms with E-state index in [1.54, 1.807) is 0 Å². The Balaban J connectivity index is 2.74. The van der Waals surface area contributed by atoms with Gasteiger partial charge in [0.2, 0.25) is 0 Å². The van der Waals surface area contributed by atoms with Crippen molar-refractivity contribution in [3.05, 3.63) is 33.1 Å². The SMILES string of the molecule is CN(CCC(=O)O)C(=O)c1ccc(I)c(F)c1. The van der Waals surface area contributed by atoms with Gasteiger partial charge in [-0.2, -0.15) is 0 Å². The first-order valence-corrected chi connectivity index (χ1v) is 5.92. The Morgan fingerprint density at radius 1 is 1.47 bits per heavy atom. The van der Waals surface area contributed by atoms with Gasteiger partial charge in [-0.15, -0.1) is 0 Å². The summed E-state index contributed by atoms with van der Waals surface area (Å²) in [6.07, 6.45) is -0.130. The molecule has 92 valence electrons. The van der Waals surface area contributed by atoms with Crippen LogP contribution in [-0.4, -0.2) is 35.5 Å². The van der Waals surface area contributed by atoms with Crippen LogP contribution < -0.4 is 0 Å². The number of carbonyl (C=O) groups is 2. The maximum Gasteiger partial charge on any atom is 0.305 e. The molecule has 1 rings (SSSR count). The fourth-order valence-corrected chi connectivity index (χ4v) is 1.55. The summed E-state index contributed by atoms with van der Waals surface area (Å²) in [5.74, 6) is -1.82. The van der Waals surface area contributed by atoms with Crippen LogP contribution in [0.4, 0.5) is 4.39 Å². The molecule has 0 aliphatic heterocycles. The molecule has 1 aromatic rings. The zero-order valence-electron chi connectivity index (χ0n) is 9.11. The number of rotatable bonds is 4. The highest BCUT2D eigenvalue weighted by Gasteiger charge is 2.14. The van der Waals surface area contributed by atoms with Gasteiger partial charge in [0.15, 0.2) is 0 Å². The van der Waals surface area contributed by atoms with E-state index in [1.807, 2.05) is 22.6 Å². The normalized spacial score (nSPS) is 10.1. The molecule has 0 fully saturated rings. The number of halogens is 2. The summed E-state index contributed by atoms with van der Waals surface area (Å²) < 4.78 is 13.7. The molecule has 0 spiro atoms. The molecule has 1 aromatic carbocycles. The van der Waals surface area contributed by atoms with Crippen molar-refractivity contribution in [2.75, 3.05) is 13.6 Å². The second-order valence-electron chi connectivity index (χ2n) is 3.50. The molecule has 0 saturated heterocycles. The van der Waals surface area contributed by atoms with Crippen LogP contribution in [-0.2, 0) is 4.79 Å². The van der Waals surface area contributed by atoms with Crippen molar-refractivity contribution in [2.24, 2.45) is 0 Å². The molecular weight excluding hydrogens is 340 g/mol. The van der Waals surface area contributed by atoms with Crippen molar-refractivity contribution in [3.63, 3.8) is 0 Å². The Hall–Kier alpha value is -1.18. The number of nitrogens with zero attached hydrogens (tertiary/aromatic N) is 1. The van der Waals surface area contributed by atoms with E-state index >= 15 is 0 Å². The van der Waals surface area contributed by atoms with Gasteiger partial charge in [-0.05, 0) is 40.8 Å². The monoisotopic (exact) mass is 351 g/mol. The van der Waals surface area contributed by atoms with Crippen LogP contribution in [0.1, 0.15) is 16.8 Å². The Bertz CT molecular complexity index is 450. The zero-order valence-corrected chi connectivity index (χ0v) is 11.3. The molecule has 0 aliphatic rings. The third-order valence-corrected chi connectivity index (χ3v) is 3.05. The summed E-state index contributed by atoms with van der Waals surface area (Å²) in [7, 11) is 1.49. The van der Waals surface area contributed by atoms with Crippen molar-refractivity contribution in [2.45, 2.75) is 6.42 Å². The fraction of sp³-hybridized carbons (Fsp3) is 0.273. The van der Waals surface area contributed by atoms with E-state index in [4.69, 9.17) is 5.11 Å². The summed E-state index contributed by atoms with van der Waals surface area (Å²) in [5, 5.41) is 8.50. The largest absolute Gasteiger partial charge is 0.481 e. The van der Waals surface area contributed by atoms with Crippen LogP contribution in [0, 0.1) is 9.39 Å². The molecule has 0 atom stereocenters. The van der Waals surface area contributed by atoms with Gasteiger partial charge in [-0.1, -0.05) is 0 Å². The highest BCUT2D eigenvalue weighted by molar-refractivity contribution is 14.1. The summed E-state index contributed by atoms with van der Waals surface area (Å²) in [5.41, 5.74) is 0.218. The molecule has 0 heterocycles. The number of aliphatic carboxylic acids is 1. The van der Waals surface area contributed by atoms with Gasteiger partial charge in [0, 0.05) is 22.7 Å². The summed E-state index contributed by atoms with van der Waals surface area (Å²) in [4.78, 5) is 23.4. The van der Waals surface area contributed by atoms with Crippen molar-refractivity contribution in [1.29, 1.82) is 0 Å². The minimum absolute atomic E-state index is 0.0990. The molecule has 17 heavy (non-hydrogen) atoms. The second-order valence-corrected chi connectivity index (χ2v) is 4.66. The molecule has 0 aromatic heterocycles. The van der Waals surface area contributed by atoms with Crippen molar-refractivity contribution in [1.82, 2.24) is 4.90 Å². The highest BCUT2D eigenvalue weighted by Crippen LogP contribution is 2.13. The second kappa shape index (κ2) is 5.95. The van der Waals surface area contributed by atoms with Gasteiger partial charge in [0.1, 0.15) is 5.82 Å². The molecule has 0 saturated carbocycles. The van der Waals surface area contributed by atoms with Gasteiger partial charge >= 0.3 is 5.97 Å². The van der Waals surface area contributed by atoms with Gasteiger partial charge in [0.25, 0.3) is 5.91 Å². The lowest BCUT2D eigenvalue weighted by molar-refractivity contribution is -0.137. The third-order valence-electron chi connectivity index (χ3n) is 2.17. The molecule has 0 radical (unpaired) electrons. The number of benzene rings is 1. The van der Waals surface area contributed by atoms with Crippen LogP contribution in [0.25, 0.3) is 0 Å². The molecule has 0 aliphatic carbocycles. The van der Waals surface area contributed by atoms with Gasteiger partial charge in [-0.25, -0.2) is 4.39 Å². The number of carbonyl (C=O) groups excluding carboxylic acids is 1. The van der Waals surface area contributed by atoms with Gasteiger partial charge in [-0.3, -0.25) is 9.59 Å². The molecular formula is C11H11FINO3. The Kier molecular flexibility index (Phi) is 4.86. The lowest BCUT2D eigenvalue weighted by atomic mass is 10.2. The zero-order chi connectivity index (χ0) is 13.0. The quantitative estimate of drug-likeness (QED) is 0.844. The number of hydrogen-bond acceptors (Lipinski definition) is 2. The maximum absolute atomic E-state index is 13.2.